The van der Waals surface area contributed by atoms with Crippen LogP contribution in [-0.2, 0) is 20.3 Å². The van der Waals surface area contributed by atoms with Gasteiger partial charge < -0.3 is 15.4 Å². The number of aromatic nitrogens is 2. The number of ether oxygens (including phenoxy) is 1. The minimum absolute atomic E-state index is 0.0409. The second-order valence-electron chi connectivity index (χ2n) is 9.04. The first-order valence-electron chi connectivity index (χ1n) is 10.7. The lowest BCUT2D eigenvalue weighted by molar-refractivity contribution is 0.0981. The molecule has 0 radical (unpaired) electrons. The van der Waals surface area contributed by atoms with Crippen molar-refractivity contribution in [3.63, 3.8) is 0 Å². The Hall–Kier alpha value is -2.59. The number of anilines is 2. The van der Waals surface area contributed by atoms with E-state index in [2.05, 4.69) is 25.6 Å². The van der Waals surface area contributed by atoms with E-state index in [0.717, 1.165) is 43.4 Å². The Balaban J connectivity index is 1.28. The molecule has 1 aromatic carbocycles. The average Bonchev–Trinajstić information content (AvgIpc) is 3.01. The fraction of sp³-hybridized carbons (Fsp3) is 0.524. The molecule has 2 fully saturated rings. The van der Waals surface area contributed by atoms with Gasteiger partial charge in [0.05, 0.1) is 11.2 Å². The van der Waals surface area contributed by atoms with Gasteiger partial charge in [-0.2, -0.15) is 5.10 Å². The van der Waals surface area contributed by atoms with Crippen molar-refractivity contribution in [2.24, 2.45) is 0 Å². The third kappa shape index (κ3) is 3.78. The Morgan fingerprint density at radius 1 is 1.29 bits per heavy atom. The van der Waals surface area contributed by atoms with Crippen molar-refractivity contribution in [2.45, 2.75) is 74.4 Å². The molecule has 166 valence electrons. The predicted molar refractivity (Wildman–Crippen MR) is 115 cm³/mol. The molecule has 1 amide bonds. The van der Waals surface area contributed by atoms with Gasteiger partial charge in [0.1, 0.15) is 11.0 Å². The summed E-state index contributed by atoms with van der Waals surface area (Å²) in [6, 6.07) is 7.47. The molecule has 1 aliphatic heterocycles. The molecule has 4 N–H and O–H groups in total. The van der Waals surface area contributed by atoms with E-state index in [-0.39, 0.29) is 24.2 Å². The monoisotopic (exact) mass is 445 g/mol. The van der Waals surface area contributed by atoms with Crippen molar-refractivity contribution in [1.29, 1.82) is 0 Å². The molecule has 9 nitrogen and oxygen atoms in total. The maximum absolute atomic E-state index is 12.7. The third-order valence-electron chi connectivity index (χ3n) is 6.24. The topological polar surface area (TPSA) is 125 Å². The minimum Gasteiger partial charge on any atom is -0.446 e. The van der Waals surface area contributed by atoms with Gasteiger partial charge in [-0.05, 0) is 57.6 Å². The number of nitrogens with zero attached hydrogens (tertiary/aromatic N) is 1. The summed E-state index contributed by atoms with van der Waals surface area (Å²) in [6.45, 7) is 3.79. The molecule has 2 heterocycles. The first-order chi connectivity index (χ1) is 14.8. The molecule has 31 heavy (non-hydrogen) atoms. The van der Waals surface area contributed by atoms with Crippen molar-refractivity contribution in [3.8, 4) is 0 Å². The Labute approximate surface area is 181 Å². The summed E-state index contributed by atoms with van der Waals surface area (Å²) in [5.41, 5.74) is 1.90. The summed E-state index contributed by atoms with van der Waals surface area (Å²) in [6.07, 6.45) is 3.58. The lowest BCUT2D eigenvalue weighted by Gasteiger charge is -2.14. The number of benzene rings is 1. The van der Waals surface area contributed by atoms with Crippen LogP contribution in [0.15, 0.2) is 29.2 Å². The Morgan fingerprint density at radius 3 is 2.84 bits per heavy atom. The summed E-state index contributed by atoms with van der Waals surface area (Å²) in [7, 11) is -3.54. The molecule has 3 aliphatic rings. The summed E-state index contributed by atoms with van der Waals surface area (Å²) in [5.74, 6) is 0.777. The zero-order chi connectivity index (χ0) is 21.8. The summed E-state index contributed by atoms with van der Waals surface area (Å²) in [5, 5.41) is 13.3. The van der Waals surface area contributed by atoms with E-state index in [1.807, 2.05) is 32.0 Å². The molecular formula is C21H27N5O4S. The predicted octanol–water partition coefficient (Wildman–Crippen LogP) is 3.21. The lowest BCUT2D eigenvalue weighted by Crippen LogP contribution is -2.33. The van der Waals surface area contributed by atoms with E-state index in [1.54, 1.807) is 6.07 Å². The smallest absolute Gasteiger partial charge is 0.407 e. The Bertz CT molecular complexity index is 1120. The fourth-order valence-corrected chi connectivity index (χ4v) is 6.55. The number of fused-ring (bicyclic) bond motifs is 2. The molecule has 0 unspecified atom stereocenters. The largest absolute Gasteiger partial charge is 0.446 e. The van der Waals surface area contributed by atoms with Crippen LogP contribution >= 0.6 is 0 Å². The van der Waals surface area contributed by atoms with E-state index in [1.165, 1.54) is 0 Å². The summed E-state index contributed by atoms with van der Waals surface area (Å²) in [4.78, 5) is 12.2. The SMILES string of the molecule is CC(C)NC(=O)O[C@@H]1CC[C@H](c2cc(Nc3cccc4c3S(=O)(=O)NC43CC3)n[nH]2)C1. The number of amides is 1. The van der Waals surface area contributed by atoms with Crippen LogP contribution in [0.4, 0.5) is 16.3 Å². The van der Waals surface area contributed by atoms with Crippen LogP contribution in [-0.4, -0.2) is 36.9 Å². The van der Waals surface area contributed by atoms with Crippen LogP contribution in [0.2, 0.25) is 0 Å². The van der Waals surface area contributed by atoms with Gasteiger partial charge in [-0.3, -0.25) is 5.10 Å². The van der Waals surface area contributed by atoms with Gasteiger partial charge in [-0.1, -0.05) is 12.1 Å². The molecule has 0 saturated heterocycles. The molecule has 2 atom stereocenters. The number of carbonyl (C=O) groups excluding carboxylic acids is 1. The maximum Gasteiger partial charge on any atom is 0.407 e. The summed E-state index contributed by atoms with van der Waals surface area (Å²) < 4.78 is 33.7. The van der Waals surface area contributed by atoms with Crippen LogP contribution in [0.25, 0.3) is 0 Å². The first-order valence-corrected chi connectivity index (χ1v) is 12.2. The fourth-order valence-electron chi connectivity index (χ4n) is 4.66. The van der Waals surface area contributed by atoms with Crippen LogP contribution < -0.4 is 15.4 Å². The van der Waals surface area contributed by atoms with Crippen molar-refractivity contribution in [1.82, 2.24) is 20.2 Å². The molecule has 2 aliphatic carbocycles. The Morgan fingerprint density at radius 2 is 2.10 bits per heavy atom. The van der Waals surface area contributed by atoms with Gasteiger partial charge >= 0.3 is 6.09 Å². The number of carbonyl (C=O) groups is 1. The van der Waals surface area contributed by atoms with Gasteiger partial charge in [0.2, 0.25) is 10.0 Å². The quantitative estimate of drug-likeness (QED) is 0.560. The van der Waals surface area contributed by atoms with Gasteiger partial charge in [0, 0.05) is 23.7 Å². The van der Waals surface area contributed by atoms with Crippen LogP contribution in [0.1, 0.15) is 63.1 Å². The Kier molecular flexibility index (Phi) is 4.74. The number of hydrogen-bond donors (Lipinski definition) is 4. The van der Waals surface area contributed by atoms with Crippen molar-refractivity contribution < 1.29 is 17.9 Å². The van der Waals surface area contributed by atoms with Gasteiger partial charge in [-0.25, -0.2) is 17.9 Å². The second-order valence-corrected chi connectivity index (χ2v) is 10.7. The highest BCUT2D eigenvalue weighted by Gasteiger charge is 2.55. The highest BCUT2D eigenvalue weighted by molar-refractivity contribution is 7.90. The van der Waals surface area contributed by atoms with Crippen LogP contribution in [0.5, 0.6) is 0 Å². The lowest BCUT2D eigenvalue weighted by atomic mass is 10.0. The highest BCUT2D eigenvalue weighted by Crippen LogP contribution is 2.54. The van der Waals surface area contributed by atoms with Crippen molar-refractivity contribution in [3.05, 3.63) is 35.5 Å². The van der Waals surface area contributed by atoms with Crippen molar-refractivity contribution in [2.75, 3.05) is 5.32 Å². The average molecular weight is 446 g/mol. The molecule has 1 spiro atoms. The standard InChI is InChI=1S/C21H27N5O4S/c1-12(2)22-20(27)30-14-7-6-13(10-14)17-11-18(25-24-17)23-16-5-3-4-15-19(16)31(28,29)26-21(15)8-9-21/h3-5,11-14,26H,6-10H2,1-2H3,(H,22,27)(H2,23,24,25)/t13-,14+/m0/s1. The zero-order valence-corrected chi connectivity index (χ0v) is 18.4. The van der Waals surface area contributed by atoms with Crippen molar-refractivity contribution >= 4 is 27.6 Å². The molecule has 2 aromatic rings. The van der Waals surface area contributed by atoms with Gasteiger partial charge in [-0.15, -0.1) is 0 Å². The number of aromatic amines is 1. The number of H-pyrrole nitrogens is 1. The highest BCUT2D eigenvalue weighted by atomic mass is 32.2. The molecule has 10 heteroatoms. The number of sulfonamides is 1. The number of nitrogens with one attached hydrogen (secondary N) is 4. The molecular weight excluding hydrogens is 418 g/mol. The normalized spacial score (nSPS) is 24.9. The first kappa shape index (κ1) is 20.3. The molecule has 2 saturated carbocycles. The van der Waals surface area contributed by atoms with E-state index < -0.39 is 15.6 Å². The van der Waals surface area contributed by atoms with Gasteiger partial charge in [0.15, 0.2) is 5.82 Å². The van der Waals surface area contributed by atoms with E-state index in [4.69, 9.17) is 4.74 Å². The number of alkyl carbamates (subject to hydrolysis) is 1. The number of hydrogen-bond acceptors (Lipinski definition) is 6. The minimum atomic E-state index is -3.54. The second kappa shape index (κ2) is 7.23. The van der Waals surface area contributed by atoms with E-state index >= 15 is 0 Å². The third-order valence-corrected chi connectivity index (χ3v) is 7.88. The van der Waals surface area contributed by atoms with E-state index in [0.29, 0.717) is 16.4 Å². The van der Waals surface area contributed by atoms with Gasteiger partial charge in [0.25, 0.3) is 0 Å². The summed E-state index contributed by atoms with van der Waals surface area (Å²) >= 11 is 0. The van der Waals surface area contributed by atoms with Crippen LogP contribution in [0.3, 0.4) is 0 Å². The zero-order valence-electron chi connectivity index (χ0n) is 17.6. The maximum atomic E-state index is 12.7. The molecule has 1 aromatic heterocycles. The number of rotatable bonds is 5. The molecule has 5 rings (SSSR count). The molecule has 0 bridgehead atoms. The van der Waals surface area contributed by atoms with Crippen LogP contribution in [0, 0.1) is 0 Å². The van der Waals surface area contributed by atoms with E-state index in [9.17, 15) is 13.2 Å².